The lowest BCUT2D eigenvalue weighted by molar-refractivity contribution is -0.143. The molecule has 2 aliphatic rings. The number of aryl methyl sites for hydroxylation is 1. The van der Waals surface area contributed by atoms with E-state index in [0.29, 0.717) is 32.5 Å². The predicted octanol–water partition coefficient (Wildman–Crippen LogP) is 1.31. The molecule has 2 aliphatic heterocycles. The summed E-state index contributed by atoms with van der Waals surface area (Å²) in [4.78, 5) is 25.2. The van der Waals surface area contributed by atoms with Crippen molar-refractivity contribution in [2.24, 2.45) is 5.92 Å². The Morgan fingerprint density at radius 1 is 1.20 bits per heavy atom. The Balaban J connectivity index is 1.82. The van der Waals surface area contributed by atoms with E-state index in [1.807, 2.05) is 0 Å². The molecular weight excluding hydrogens is 348 g/mol. The Kier molecular flexibility index (Phi) is 4.88. The zero-order valence-corrected chi connectivity index (χ0v) is 14.9. The van der Waals surface area contributed by atoms with Gasteiger partial charge < -0.3 is 14.4 Å². The van der Waals surface area contributed by atoms with Crippen molar-refractivity contribution in [2.45, 2.75) is 37.5 Å². The number of carbonyl (C=O) groups is 2. The van der Waals surface area contributed by atoms with Crippen molar-refractivity contribution in [3.8, 4) is 0 Å². The standard InChI is InChI=1S/C16H22N2O6S/c1-11-14(25(22,23)18-7-2-3-8-18)9-13(24-11)15(19)17-6-4-5-12(10-17)16(20)21/h9,12H,2-8,10H2,1H3,(H,20,21)/t12-/m0/s1. The average molecular weight is 370 g/mol. The number of sulfonamides is 1. The van der Waals surface area contributed by atoms with Crippen molar-refractivity contribution in [3.05, 3.63) is 17.6 Å². The molecule has 0 aromatic carbocycles. The van der Waals surface area contributed by atoms with Gasteiger partial charge in [-0.15, -0.1) is 0 Å². The summed E-state index contributed by atoms with van der Waals surface area (Å²) < 4.78 is 32.2. The lowest BCUT2D eigenvalue weighted by Crippen LogP contribution is -2.42. The van der Waals surface area contributed by atoms with E-state index < -0.39 is 27.8 Å². The smallest absolute Gasteiger partial charge is 0.308 e. The van der Waals surface area contributed by atoms with Crippen LogP contribution in [0.15, 0.2) is 15.4 Å². The number of piperidine rings is 1. The van der Waals surface area contributed by atoms with E-state index in [4.69, 9.17) is 9.52 Å². The third-order valence-electron chi connectivity index (χ3n) is 4.82. The highest BCUT2D eigenvalue weighted by atomic mass is 32.2. The highest BCUT2D eigenvalue weighted by Crippen LogP contribution is 2.28. The van der Waals surface area contributed by atoms with Gasteiger partial charge in [0.2, 0.25) is 10.0 Å². The maximum Gasteiger partial charge on any atom is 0.308 e. The normalized spacial score (nSPS) is 22.3. The summed E-state index contributed by atoms with van der Waals surface area (Å²) in [6, 6.07) is 1.27. The number of hydrogen-bond donors (Lipinski definition) is 1. The van der Waals surface area contributed by atoms with Gasteiger partial charge in [0.05, 0.1) is 5.92 Å². The van der Waals surface area contributed by atoms with E-state index in [2.05, 4.69) is 0 Å². The molecule has 1 aromatic rings. The third kappa shape index (κ3) is 3.43. The Bertz CT molecular complexity index is 779. The van der Waals surface area contributed by atoms with Crippen LogP contribution < -0.4 is 0 Å². The molecule has 0 unspecified atom stereocenters. The van der Waals surface area contributed by atoms with E-state index >= 15 is 0 Å². The van der Waals surface area contributed by atoms with Gasteiger partial charge in [-0.2, -0.15) is 4.31 Å². The number of furan rings is 1. The Hall–Kier alpha value is -1.87. The van der Waals surface area contributed by atoms with Crippen molar-refractivity contribution in [2.75, 3.05) is 26.2 Å². The van der Waals surface area contributed by atoms with Gasteiger partial charge in [0.15, 0.2) is 5.76 Å². The Morgan fingerprint density at radius 3 is 2.52 bits per heavy atom. The van der Waals surface area contributed by atoms with Gasteiger partial charge >= 0.3 is 5.97 Å². The van der Waals surface area contributed by atoms with Crippen LogP contribution in [0.4, 0.5) is 0 Å². The van der Waals surface area contributed by atoms with Crippen LogP contribution in [0.5, 0.6) is 0 Å². The molecule has 2 fully saturated rings. The van der Waals surface area contributed by atoms with Gasteiger partial charge in [0.25, 0.3) is 5.91 Å². The molecule has 0 bridgehead atoms. The molecule has 1 amide bonds. The second kappa shape index (κ2) is 6.80. The highest BCUT2D eigenvalue weighted by molar-refractivity contribution is 7.89. The lowest BCUT2D eigenvalue weighted by Gasteiger charge is -2.29. The number of likely N-dealkylation sites (tertiary alicyclic amines) is 1. The van der Waals surface area contributed by atoms with E-state index in [9.17, 15) is 18.0 Å². The first kappa shape index (κ1) is 17.9. The fourth-order valence-electron chi connectivity index (χ4n) is 3.41. The fourth-order valence-corrected chi connectivity index (χ4v) is 5.09. The van der Waals surface area contributed by atoms with E-state index in [0.717, 1.165) is 12.8 Å². The molecule has 9 heteroatoms. The Morgan fingerprint density at radius 2 is 1.88 bits per heavy atom. The number of amides is 1. The lowest BCUT2D eigenvalue weighted by atomic mass is 9.98. The van der Waals surface area contributed by atoms with Crippen LogP contribution in [0.2, 0.25) is 0 Å². The number of hydrogen-bond acceptors (Lipinski definition) is 5. The molecule has 1 N–H and O–H groups in total. The zero-order chi connectivity index (χ0) is 18.2. The van der Waals surface area contributed by atoms with E-state index in [-0.39, 0.29) is 23.0 Å². The van der Waals surface area contributed by atoms with Crippen molar-refractivity contribution in [1.29, 1.82) is 0 Å². The summed E-state index contributed by atoms with van der Waals surface area (Å²) in [6.07, 6.45) is 2.78. The van der Waals surface area contributed by atoms with Crippen LogP contribution >= 0.6 is 0 Å². The summed E-state index contributed by atoms with van der Waals surface area (Å²) in [5, 5.41) is 9.14. The molecule has 0 aliphatic carbocycles. The monoisotopic (exact) mass is 370 g/mol. The number of carboxylic acid groups (broad SMARTS) is 1. The number of carboxylic acids is 1. The van der Waals surface area contributed by atoms with Crippen molar-refractivity contribution in [3.63, 3.8) is 0 Å². The van der Waals surface area contributed by atoms with Gasteiger partial charge in [-0.3, -0.25) is 9.59 Å². The molecule has 0 radical (unpaired) electrons. The minimum atomic E-state index is -3.66. The van der Waals surface area contributed by atoms with Crippen LogP contribution in [0, 0.1) is 12.8 Å². The van der Waals surface area contributed by atoms with Crippen LogP contribution in [-0.4, -0.2) is 60.8 Å². The molecule has 3 heterocycles. The number of carbonyl (C=O) groups excluding carboxylic acids is 1. The second-order valence-corrected chi connectivity index (χ2v) is 8.48. The zero-order valence-electron chi connectivity index (χ0n) is 14.1. The number of aliphatic carboxylic acids is 1. The summed E-state index contributed by atoms with van der Waals surface area (Å²) in [6.45, 7) is 3.03. The number of nitrogens with zero attached hydrogens (tertiary/aromatic N) is 2. The van der Waals surface area contributed by atoms with Crippen LogP contribution in [-0.2, 0) is 14.8 Å². The van der Waals surface area contributed by atoms with Gasteiger partial charge in [-0.1, -0.05) is 0 Å². The molecule has 2 saturated heterocycles. The third-order valence-corrected chi connectivity index (χ3v) is 6.83. The maximum atomic E-state index is 12.7. The topological polar surface area (TPSA) is 108 Å². The van der Waals surface area contributed by atoms with Gasteiger partial charge in [0, 0.05) is 32.2 Å². The second-order valence-electron chi connectivity index (χ2n) is 6.57. The van der Waals surface area contributed by atoms with E-state index in [1.165, 1.54) is 22.2 Å². The fraction of sp³-hybridized carbons (Fsp3) is 0.625. The predicted molar refractivity (Wildman–Crippen MR) is 87.7 cm³/mol. The van der Waals surface area contributed by atoms with Crippen molar-refractivity contribution >= 4 is 21.9 Å². The minimum Gasteiger partial charge on any atom is -0.481 e. The summed E-state index contributed by atoms with van der Waals surface area (Å²) in [7, 11) is -3.66. The van der Waals surface area contributed by atoms with E-state index in [1.54, 1.807) is 0 Å². The summed E-state index contributed by atoms with van der Waals surface area (Å²) in [5.74, 6) is -1.85. The first-order valence-corrected chi connectivity index (χ1v) is 9.87. The average Bonchev–Trinajstić information content (AvgIpc) is 3.24. The molecular formula is C16H22N2O6S. The van der Waals surface area contributed by atoms with Crippen molar-refractivity contribution in [1.82, 2.24) is 9.21 Å². The quantitative estimate of drug-likeness (QED) is 0.856. The van der Waals surface area contributed by atoms with Crippen molar-refractivity contribution < 1.29 is 27.5 Å². The molecule has 0 spiro atoms. The molecule has 3 rings (SSSR count). The molecule has 138 valence electrons. The molecule has 1 aromatic heterocycles. The van der Waals surface area contributed by atoms with Crippen LogP contribution in [0.1, 0.15) is 42.0 Å². The Labute approximate surface area is 146 Å². The minimum absolute atomic E-state index is 0.0181. The van der Waals surface area contributed by atoms with Gasteiger partial charge in [-0.25, -0.2) is 8.42 Å². The van der Waals surface area contributed by atoms with Gasteiger partial charge in [0.1, 0.15) is 10.7 Å². The molecule has 25 heavy (non-hydrogen) atoms. The summed E-state index contributed by atoms with van der Waals surface area (Å²) in [5.41, 5.74) is 0. The number of rotatable bonds is 4. The van der Waals surface area contributed by atoms with Crippen LogP contribution in [0.3, 0.4) is 0 Å². The van der Waals surface area contributed by atoms with Crippen LogP contribution in [0.25, 0.3) is 0 Å². The highest BCUT2D eigenvalue weighted by Gasteiger charge is 2.34. The maximum absolute atomic E-state index is 12.7. The first-order chi connectivity index (χ1) is 11.8. The summed E-state index contributed by atoms with van der Waals surface area (Å²) >= 11 is 0. The molecule has 0 saturated carbocycles. The SMILES string of the molecule is Cc1oc(C(=O)N2CCC[C@H](C(=O)O)C2)cc1S(=O)(=O)N1CCCC1. The first-order valence-electron chi connectivity index (χ1n) is 8.43. The largest absolute Gasteiger partial charge is 0.481 e. The van der Waals surface area contributed by atoms with Gasteiger partial charge in [-0.05, 0) is 32.6 Å². The molecule has 1 atom stereocenters. The molecule has 8 nitrogen and oxygen atoms in total.